The van der Waals surface area contributed by atoms with Crippen LogP contribution in [-0.2, 0) is 0 Å². The minimum absolute atomic E-state index is 0.536. The van der Waals surface area contributed by atoms with Crippen molar-refractivity contribution >= 4 is 0 Å². The first-order valence-corrected chi connectivity index (χ1v) is 8.03. The van der Waals surface area contributed by atoms with Gasteiger partial charge in [0, 0.05) is 12.5 Å². The molecule has 1 heteroatoms. The molecule has 1 N–H and O–H groups in total. The molecular weight excluding hydrogens is 230 g/mol. The molecule has 0 spiro atoms. The van der Waals surface area contributed by atoms with Gasteiger partial charge in [-0.25, -0.2) is 0 Å². The maximum absolute atomic E-state index is 5.50. The average Bonchev–Trinajstić information content (AvgIpc) is 2.24. The van der Waals surface area contributed by atoms with E-state index in [2.05, 4.69) is 32.1 Å². The van der Waals surface area contributed by atoms with Crippen molar-refractivity contribution in [1.82, 2.24) is 5.32 Å². The van der Waals surface area contributed by atoms with Crippen LogP contribution < -0.4 is 5.32 Å². The van der Waals surface area contributed by atoms with Crippen molar-refractivity contribution in [2.24, 2.45) is 22.2 Å². The standard InChI is InChI=1S/C18H29N/c1-5-6-7-15(19-4)18-10-14-8-16(2,12-18)11-17(3,9-14)13-18/h1,14-15,19H,6-13H2,2-4H3. The largest absolute Gasteiger partial charge is 0.316 e. The van der Waals surface area contributed by atoms with Gasteiger partial charge in [-0.3, -0.25) is 0 Å². The molecule has 4 rings (SSSR count). The molecule has 4 saturated carbocycles. The first-order valence-electron chi connectivity index (χ1n) is 8.03. The highest BCUT2D eigenvalue weighted by Crippen LogP contribution is 2.70. The monoisotopic (exact) mass is 259 g/mol. The molecule has 0 amide bonds. The van der Waals surface area contributed by atoms with Gasteiger partial charge in [0.2, 0.25) is 0 Å². The summed E-state index contributed by atoms with van der Waals surface area (Å²) in [7, 11) is 2.14. The van der Waals surface area contributed by atoms with E-state index in [0.29, 0.717) is 22.3 Å². The van der Waals surface area contributed by atoms with Gasteiger partial charge in [-0.1, -0.05) is 13.8 Å². The van der Waals surface area contributed by atoms with Gasteiger partial charge in [0.1, 0.15) is 0 Å². The van der Waals surface area contributed by atoms with Gasteiger partial charge in [-0.05, 0) is 74.2 Å². The predicted octanol–water partition coefficient (Wildman–Crippen LogP) is 3.98. The summed E-state index contributed by atoms with van der Waals surface area (Å²) in [4.78, 5) is 0. The topological polar surface area (TPSA) is 12.0 Å². The quantitative estimate of drug-likeness (QED) is 0.753. The summed E-state index contributed by atoms with van der Waals surface area (Å²) in [5, 5.41) is 3.63. The maximum atomic E-state index is 5.50. The van der Waals surface area contributed by atoms with Crippen LogP contribution in [-0.4, -0.2) is 13.1 Å². The van der Waals surface area contributed by atoms with E-state index in [0.717, 1.165) is 18.8 Å². The van der Waals surface area contributed by atoms with Crippen molar-refractivity contribution in [2.75, 3.05) is 7.05 Å². The molecular formula is C18H29N. The fourth-order valence-corrected chi connectivity index (χ4v) is 6.91. The van der Waals surface area contributed by atoms with Gasteiger partial charge in [0.15, 0.2) is 0 Å². The van der Waals surface area contributed by atoms with Gasteiger partial charge in [0.25, 0.3) is 0 Å². The zero-order valence-corrected chi connectivity index (χ0v) is 12.9. The van der Waals surface area contributed by atoms with Crippen LogP contribution in [0.4, 0.5) is 0 Å². The van der Waals surface area contributed by atoms with Crippen molar-refractivity contribution in [3.63, 3.8) is 0 Å². The van der Waals surface area contributed by atoms with E-state index < -0.39 is 0 Å². The molecule has 4 fully saturated rings. The summed E-state index contributed by atoms with van der Waals surface area (Å²) in [6, 6.07) is 0.630. The lowest BCUT2D eigenvalue weighted by Crippen LogP contribution is -2.61. The summed E-state index contributed by atoms with van der Waals surface area (Å²) < 4.78 is 0. The van der Waals surface area contributed by atoms with Crippen LogP contribution in [0.2, 0.25) is 0 Å². The third-order valence-corrected chi connectivity index (χ3v) is 6.33. The van der Waals surface area contributed by atoms with Crippen LogP contribution in [0.15, 0.2) is 0 Å². The Hall–Kier alpha value is -0.480. The van der Waals surface area contributed by atoms with Crippen LogP contribution in [0.5, 0.6) is 0 Å². The average molecular weight is 259 g/mol. The van der Waals surface area contributed by atoms with E-state index in [-0.39, 0.29) is 0 Å². The SMILES string of the molecule is C#CCCC(NC)C12CC3CC(C)(CC(C)(C3)C1)C2. The van der Waals surface area contributed by atoms with E-state index in [1.54, 1.807) is 0 Å². The zero-order valence-electron chi connectivity index (χ0n) is 12.9. The molecule has 0 saturated heterocycles. The van der Waals surface area contributed by atoms with Crippen molar-refractivity contribution in [3.8, 4) is 12.3 Å². The van der Waals surface area contributed by atoms with Gasteiger partial charge >= 0.3 is 0 Å². The molecule has 0 radical (unpaired) electrons. The summed E-state index contributed by atoms with van der Waals surface area (Å²) >= 11 is 0. The Kier molecular flexibility index (Phi) is 3.02. The lowest BCUT2D eigenvalue weighted by molar-refractivity contribution is -0.157. The molecule has 0 aromatic heterocycles. The van der Waals surface area contributed by atoms with E-state index >= 15 is 0 Å². The van der Waals surface area contributed by atoms with Crippen molar-refractivity contribution < 1.29 is 0 Å². The van der Waals surface area contributed by atoms with Gasteiger partial charge in [-0.2, -0.15) is 0 Å². The Morgan fingerprint density at radius 1 is 1.16 bits per heavy atom. The molecule has 3 unspecified atom stereocenters. The highest BCUT2D eigenvalue weighted by molar-refractivity contribution is 5.13. The highest BCUT2D eigenvalue weighted by Gasteiger charge is 2.61. The molecule has 0 aromatic carbocycles. The second kappa shape index (κ2) is 4.26. The zero-order chi connectivity index (χ0) is 13.7. The maximum Gasteiger partial charge on any atom is 0.0130 e. The molecule has 4 aliphatic rings. The minimum atomic E-state index is 0.536. The first-order chi connectivity index (χ1) is 8.93. The van der Waals surface area contributed by atoms with Crippen molar-refractivity contribution in [2.45, 2.75) is 71.3 Å². The number of rotatable bonds is 4. The van der Waals surface area contributed by atoms with Crippen LogP contribution in [0.3, 0.4) is 0 Å². The van der Waals surface area contributed by atoms with E-state index in [1.807, 2.05) is 0 Å². The minimum Gasteiger partial charge on any atom is -0.316 e. The Morgan fingerprint density at radius 2 is 1.79 bits per heavy atom. The third-order valence-electron chi connectivity index (χ3n) is 6.33. The Balaban J connectivity index is 1.89. The van der Waals surface area contributed by atoms with Crippen LogP contribution in [0.1, 0.15) is 65.2 Å². The first kappa shape index (κ1) is 13.5. The molecule has 4 bridgehead atoms. The highest BCUT2D eigenvalue weighted by atomic mass is 14.9. The number of hydrogen-bond donors (Lipinski definition) is 1. The normalized spacial score (nSPS) is 49.1. The van der Waals surface area contributed by atoms with Crippen LogP contribution >= 0.6 is 0 Å². The molecule has 0 aliphatic heterocycles. The summed E-state index contributed by atoms with van der Waals surface area (Å²) in [5.74, 6) is 3.82. The summed E-state index contributed by atoms with van der Waals surface area (Å²) in [6.07, 6.45) is 16.3. The van der Waals surface area contributed by atoms with Gasteiger partial charge in [0.05, 0.1) is 0 Å². The number of terminal acetylenes is 1. The Bertz CT molecular complexity index is 386. The second-order valence-corrected chi connectivity index (χ2v) is 8.58. The molecule has 3 atom stereocenters. The number of hydrogen-bond acceptors (Lipinski definition) is 1. The molecule has 0 aromatic rings. The fourth-order valence-electron chi connectivity index (χ4n) is 6.91. The summed E-state index contributed by atoms with van der Waals surface area (Å²) in [6.45, 7) is 5.11. The predicted molar refractivity (Wildman–Crippen MR) is 80.8 cm³/mol. The van der Waals surface area contributed by atoms with Crippen LogP contribution in [0.25, 0.3) is 0 Å². The Morgan fingerprint density at radius 3 is 2.26 bits per heavy atom. The van der Waals surface area contributed by atoms with E-state index in [1.165, 1.54) is 38.5 Å². The molecule has 106 valence electrons. The molecule has 1 nitrogen and oxygen atoms in total. The van der Waals surface area contributed by atoms with Crippen LogP contribution in [0, 0.1) is 34.5 Å². The summed E-state index contributed by atoms with van der Waals surface area (Å²) in [5.41, 5.74) is 1.76. The Labute approximate surface area is 118 Å². The fraction of sp³-hybridized carbons (Fsp3) is 0.889. The van der Waals surface area contributed by atoms with Gasteiger partial charge < -0.3 is 5.32 Å². The van der Waals surface area contributed by atoms with Gasteiger partial charge in [-0.15, -0.1) is 12.3 Å². The third kappa shape index (κ3) is 2.13. The van der Waals surface area contributed by atoms with E-state index in [9.17, 15) is 0 Å². The molecule has 4 aliphatic carbocycles. The lowest BCUT2D eigenvalue weighted by Gasteiger charge is -2.67. The smallest absolute Gasteiger partial charge is 0.0130 e. The lowest BCUT2D eigenvalue weighted by atomic mass is 9.39. The molecule has 0 heterocycles. The molecule has 19 heavy (non-hydrogen) atoms. The van der Waals surface area contributed by atoms with Crippen molar-refractivity contribution in [1.29, 1.82) is 0 Å². The number of nitrogens with one attached hydrogen (secondary N) is 1. The van der Waals surface area contributed by atoms with E-state index in [4.69, 9.17) is 6.42 Å². The second-order valence-electron chi connectivity index (χ2n) is 8.58. The van der Waals surface area contributed by atoms with Crippen molar-refractivity contribution in [3.05, 3.63) is 0 Å².